The van der Waals surface area contributed by atoms with Gasteiger partial charge in [0.25, 0.3) is 5.91 Å². The molecule has 0 aliphatic carbocycles. The van der Waals surface area contributed by atoms with Crippen molar-refractivity contribution in [2.45, 2.75) is 31.3 Å². The second kappa shape index (κ2) is 8.86. The van der Waals surface area contributed by atoms with Gasteiger partial charge in [0.05, 0.1) is 15.8 Å². The van der Waals surface area contributed by atoms with Crippen LogP contribution in [0.4, 0.5) is 0 Å². The molecule has 0 saturated carbocycles. The standard InChI is InChI=1S/C18H24Cl2N4O5S2/c1-9-13(19)14(20)15(22-9)16(25)23-11-4-5-24(7-10(11)8-31(3,28)29)18(2)21-6-12(30-18)17(26)27/h6,10-11,21-22H,4-5,7-8H2,1-3H3,(H,23,25)(H,26,27). The first-order valence-corrected chi connectivity index (χ1v) is 13.1. The number of thioether (sulfide) groups is 1. The van der Waals surface area contributed by atoms with Crippen molar-refractivity contribution >= 4 is 56.7 Å². The van der Waals surface area contributed by atoms with Crippen LogP contribution in [0.25, 0.3) is 0 Å². The lowest BCUT2D eigenvalue weighted by molar-refractivity contribution is -0.131. The van der Waals surface area contributed by atoms with Gasteiger partial charge in [0.2, 0.25) is 0 Å². The summed E-state index contributed by atoms with van der Waals surface area (Å²) in [5.41, 5.74) is 0.707. The fourth-order valence-electron chi connectivity index (χ4n) is 3.87. The third kappa shape index (κ3) is 5.33. The smallest absolute Gasteiger partial charge is 0.343 e. The van der Waals surface area contributed by atoms with Crippen LogP contribution in [0.1, 0.15) is 29.5 Å². The lowest BCUT2D eigenvalue weighted by Gasteiger charge is -2.45. The van der Waals surface area contributed by atoms with Crippen LogP contribution in [0.5, 0.6) is 0 Å². The van der Waals surface area contributed by atoms with Crippen molar-refractivity contribution < 1.29 is 23.1 Å². The molecule has 0 spiro atoms. The third-order valence-electron chi connectivity index (χ3n) is 5.44. The van der Waals surface area contributed by atoms with Crippen molar-refractivity contribution in [2.75, 3.05) is 25.1 Å². The highest BCUT2D eigenvalue weighted by Gasteiger charge is 2.44. The number of nitrogens with zero attached hydrogens (tertiary/aromatic N) is 1. The van der Waals surface area contributed by atoms with Crippen molar-refractivity contribution in [1.29, 1.82) is 0 Å². The number of aromatic amines is 1. The van der Waals surface area contributed by atoms with Crippen LogP contribution in [-0.2, 0) is 14.6 Å². The SMILES string of the molecule is Cc1[nH]c(C(=O)NC2CCN(C3(C)NC=C(C(=O)O)S3)CC2CS(C)(=O)=O)c(Cl)c1Cl. The van der Waals surface area contributed by atoms with Crippen molar-refractivity contribution in [1.82, 2.24) is 20.5 Å². The number of H-pyrrole nitrogens is 1. The highest BCUT2D eigenvalue weighted by Crippen LogP contribution is 2.40. The number of carbonyl (C=O) groups excluding carboxylic acids is 1. The number of rotatable bonds is 6. The Hall–Kier alpha value is -1.40. The van der Waals surface area contributed by atoms with Crippen LogP contribution in [0.3, 0.4) is 0 Å². The summed E-state index contributed by atoms with van der Waals surface area (Å²) in [6.45, 7) is 4.43. The fraction of sp³-hybridized carbons (Fsp3) is 0.556. The maximum absolute atomic E-state index is 12.8. The molecule has 3 heterocycles. The second-order valence-corrected chi connectivity index (χ2v) is 12.3. The molecule has 1 saturated heterocycles. The number of piperidine rings is 1. The number of amides is 1. The molecule has 1 amide bonds. The van der Waals surface area contributed by atoms with E-state index in [1.165, 1.54) is 18.0 Å². The molecule has 172 valence electrons. The normalized spacial score (nSPS) is 26.9. The average molecular weight is 511 g/mol. The summed E-state index contributed by atoms with van der Waals surface area (Å²) in [6.07, 6.45) is 3.09. The van der Waals surface area contributed by atoms with Crippen LogP contribution in [0.2, 0.25) is 10.0 Å². The van der Waals surface area contributed by atoms with Gasteiger partial charge in [-0.05, 0) is 20.3 Å². The van der Waals surface area contributed by atoms with E-state index in [0.717, 1.165) is 6.26 Å². The lowest BCUT2D eigenvalue weighted by atomic mass is 9.93. The van der Waals surface area contributed by atoms with E-state index in [9.17, 15) is 23.1 Å². The number of nitrogens with one attached hydrogen (secondary N) is 3. The highest BCUT2D eigenvalue weighted by atomic mass is 35.5. The number of sulfone groups is 1. The summed E-state index contributed by atoms with van der Waals surface area (Å²) in [6, 6.07) is -0.404. The molecule has 4 N–H and O–H groups in total. The number of hydrogen-bond donors (Lipinski definition) is 4. The van der Waals surface area contributed by atoms with E-state index in [0.29, 0.717) is 25.2 Å². The topological polar surface area (TPSA) is 132 Å². The van der Waals surface area contributed by atoms with Gasteiger partial charge in [-0.3, -0.25) is 9.69 Å². The molecule has 3 rings (SSSR count). The largest absolute Gasteiger partial charge is 0.477 e. The Balaban J connectivity index is 1.77. The number of aliphatic carboxylic acids is 1. The lowest BCUT2D eigenvalue weighted by Crippen LogP contribution is -2.60. The Morgan fingerprint density at radius 2 is 2.06 bits per heavy atom. The minimum atomic E-state index is -3.33. The van der Waals surface area contributed by atoms with Gasteiger partial charge in [-0.2, -0.15) is 0 Å². The molecular formula is C18H24Cl2N4O5S2. The molecule has 2 aliphatic rings. The molecule has 0 radical (unpaired) electrons. The number of hydrogen-bond acceptors (Lipinski definition) is 7. The summed E-state index contributed by atoms with van der Waals surface area (Å²) >= 11 is 13.4. The van der Waals surface area contributed by atoms with E-state index in [2.05, 4.69) is 15.6 Å². The van der Waals surface area contributed by atoms with E-state index in [-0.39, 0.29) is 26.4 Å². The van der Waals surface area contributed by atoms with E-state index < -0.39 is 38.7 Å². The molecule has 0 bridgehead atoms. The van der Waals surface area contributed by atoms with Gasteiger partial charge in [0.15, 0.2) is 0 Å². The predicted octanol–water partition coefficient (Wildman–Crippen LogP) is 2.03. The Bertz CT molecular complexity index is 1040. The Morgan fingerprint density at radius 3 is 2.58 bits per heavy atom. The monoisotopic (exact) mass is 510 g/mol. The van der Waals surface area contributed by atoms with E-state index in [1.54, 1.807) is 6.92 Å². The van der Waals surface area contributed by atoms with Crippen LogP contribution in [0, 0.1) is 12.8 Å². The van der Waals surface area contributed by atoms with Crippen molar-refractivity contribution in [3.63, 3.8) is 0 Å². The van der Waals surface area contributed by atoms with Gasteiger partial charge in [0.1, 0.15) is 25.4 Å². The molecule has 9 nitrogen and oxygen atoms in total. The summed E-state index contributed by atoms with van der Waals surface area (Å²) in [7, 11) is -3.33. The van der Waals surface area contributed by atoms with Crippen molar-refractivity contribution in [3.05, 3.63) is 32.5 Å². The van der Waals surface area contributed by atoms with Gasteiger partial charge < -0.3 is 20.7 Å². The van der Waals surface area contributed by atoms with Crippen LogP contribution < -0.4 is 10.6 Å². The fourth-order valence-corrected chi connectivity index (χ4v) is 6.45. The first kappa shape index (κ1) is 24.2. The first-order valence-electron chi connectivity index (χ1n) is 9.48. The zero-order chi connectivity index (χ0) is 23.1. The van der Waals surface area contributed by atoms with Crippen LogP contribution >= 0.6 is 35.0 Å². The third-order valence-corrected chi connectivity index (χ3v) is 8.71. The molecule has 31 heavy (non-hydrogen) atoms. The van der Waals surface area contributed by atoms with Crippen molar-refractivity contribution in [3.8, 4) is 0 Å². The number of likely N-dealkylation sites (tertiary alicyclic amines) is 1. The van der Waals surface area contributed by atoms with E-state index in [4.69, 9.17) is 23.2 Å². The molecule has 1 aromatic heterocycles. The molecule has 2 aliphatic heterocycles. The maximum Gasteiger partial charge on any atom is 0.343 e. The second-order valence-electron chi connectivity index (χ2n) is 7.96. The number of carboxylic acid groups (broad SMARTS) is 1. The number of halogens is 2. The van der Waals surface area contributed by atoms with Crippen molar-refractivity contribution in [2.24, 2.45) is 5.92 Å². The van der Waals surface area contributed by atoms with E-state index >= 15 is 0 Å². The molecule has 1 fully saturated rings. The van der Waals surface area contributed by atoms with Gasteiger partial charge >= 0.3 is 5.97 Å². The molecule has 3 unspecified atom stereocenters. The zero-order valence-corrected chi connectivity index (χ0v) is 20.3. The minimum Gasteiger partial charge on any atom is -0.477 e. The summed E-state index contributed by atoms with van der Waals surface area (Å²) in [5, 5.41) is 15.6. The number of aromatic nitrogens is 1. The Morgan fingerprint density at radius 1 is 1.39 bits per heavy atom. The first-order chi connectivity index (χ1) is 14.3. The summed E-state index contributed by atoms with van der Waals surface area (Å²) in [4.78, 5) is 28.4. The number of carbonyl (C=O) groups is 2. The maximum atomic E-state index is 12.8. The number of aryl methyl sites for hydroxylation is 1. The Labute approximate surface area is 194 Å². The molecular weight excluding hydrogens is 487 g/mol. The van der Waals surface area contributed by atoms with E-state index in [1.807, 2.05) is 11.8 Å². The van der Waals surface area contributed by atoms with Gasteiger partial charge in [0, 0.05) is 43.2 Å². The summed E-state index contributed by atoms with van der Waals surface area (Å²) in [5.74, 6) is -1.99. The zero-order valence-electron chi connectivity index (χ0n) is 17.2. The molecule has 13 heteroatoms. The number of carboxylic acids is 1. The van der Waals surface area contributed by atoms with Gasteiger partial charge in [-0.15, -0.1) is 0 Å². The van der Waals surface area contributed by atoms with Gasteiger partial charge in [-0.25, -0.2) is 13.2 Å². The minimum absolute atomic E-state index is 0.118. The quantitative estimate of drug-likeness (QED) is 0.456. The highest BCUT2D eigenvalue weighted by molar-refractivity contribution is 8.05. The molecule has 3 atom stereocenters. The predicted molar refractivity (Wildman–Crippen MR) is 121 cm³/mol. The van der Waals surface area contributed by atoms with Gasteiger partial charge in [-0.1, -0.05) is 35.0 Å². The Kier molecular flexibility index (Phi) is 6.93. The van der Waals surface area contributed by atoms with Crippen LogP contribution in [-0.4, -0.2) is 71.4 Å². The summed E-state index contributed by atoms with van der Waals surface area (Å²) < 4.78 is 24.1. The van der Waals surface area contributed by atoms with Crippen LogP contribution in [0.15, 0.2) is 11.1 Å². The molecule has 0 aromatic carbocycles. The average Bonchev–Trinajstić information content (AvgIpc) is 3.19. The molecule has 1 aromatic rings.